The first kappa shape index (κ1) is 27.0. The van der Waals surface area contributed by atoms with Crippen LogP contribution in [0.2, 0.25) is 0 Å². The van der Waals surface area contributed by atoms with Gasteiger partial charge in [-0.1, -0.05) is 19.9 Å². The van der Waals surface area contributed by atoms with Crippen molar-refractivity contribution in [1.29, 1.82) is 0 Å². The molecule has 0 bridgehead atoms. The van der Waals surface area contributed by atoms with E-state index in [-0.39, 0.29) is 35.1 Å². The van der Waals surface area contributed by atoms with Gasteiger partial charge in [-0.3, -0.25) is 4.99 Å². The molecule has 1 aromatic carbocycles. The maximum Gasteiger partial charge on any atom is 0.193 e. The van der Waals surface area contributed by atoms with Gasteiger partial charge in [0.2, 0.25) is 0 Å². The zero-order chi connectivity index (χ0) is 20.7. The number of halogens is 1. The Balaban J connectivity index is 0.00000729. The molecule has 0 radical (unpaired) electrons. The molecule has 0 saturated carbocycles. The predicted molar refractivity (Wildman–Crippen MR) is 129 cm³/mol. The van der Waals surface area contributed by atoms with Crippen LogP contribution in [0.15, 0.2) is 23.2 Å². The number of nitrogens with zero attached hydrogens (tertiary/aromatic N) is 2. The zero-order valence-electron chi connectivity index (χ0n) is 18.2. The van der Waals surface area contributed by atoms with Crippen LogP contribution in [-0.4, -0.2) is 65.1 Å². The molecule has 1 N–H and O–H groups in total. The van der Waals surface area contributed by atoms with Crippen LogP contribution >= 0.6 is 24.0 Å². The topological polar surface area (TPSA) is 71.0 Å². The first-order chi connectivity index (χ1) is 12.4. The van der Waals surface area contributed by atoms with Crippen LogP contribution in [0.25, 0.3) is 0 Å². The van der Waals surface area contributed by atoms with E-state index >= 15 is 0 Å². The Hall–Kier alpha value is -1.03. The second kappa shape index (κ2) is 11.8. The maximum atomic E-state index is 11.4. The van der Waals surface area contributed by atoms with Crippen LogP contribution in [0, 0.1) is 19.3 Å². The molecule has 0 aromatic heterocycles. The Bertz CT molecular complexity index is 729. The van der Waals surface area contributed by atoms with Gasteiger partial charge < -0.3 is 15.0 Å². The first-order valence-electron chi connectivity index (χ1n) is 9.22. The van der Waals surface area contributed by atoms with Crippen molar-refractivity contribution in [3.05, 3.63) is 29.3 Å². The average Bonchev–Trinajstić information content (AvgIpc) is 2.52. The highest BCUT2D eigenvalue weighted by molar-refractivity contribution is 14.0. The molecule has 0 aliphatic carbocycles. The Kier molecular flexibility index (Phi) is 11.4. The van der Waals surface area contributed by atoms with Gasteiger partial charge in [0.15, 0.2) is 5.96 Å². The molecular weight excluding hydrogens is 489 g/mol. The highest BCUT2D eigenvalue weighted by Crippen LogP contribution is 2.20. The van der Waals surface area contributed by atoms with E-state index in [4.69, 9.17) is 4.74 Å². The van der Waals surface area contributed by atoms with Crippen molar-refractivity contribution in [2.24, 2.45) is 10.4 Å². The molecule has 0 atom stereocenters. The van der Waals surface area contributed by atoms with Gasteiger partial charge in [0.25, 0.3) is 0 Å². The largest absolute Gasteiger partial charge is 0.492 e. The van der Waals surface area contributed by atoms with Gasteiger partial charge in [0.1, 0.15) is 22.2 Å². The Morgan fingerprint density at radius 1 is 1.21 bits per heavy atom. The van der Waals surface area contributed by atoms with E-state index in [2.05, 4.69) is 44.1 Å². The van der Waals surface area contributed by atoms with E-state index in [1.165, 1.54) is 17.4 Å². The monoisotopic (exact) mass is 525 g/mol. The normalized spacial score (nSPS) is 12.3. The number of rotatable bonds is 9. The third-order valence-electron chi connectivity index (χ3n) is 4.34. The van der Waals surface area contributed by atoms with Gasteiger partial charge in [0, 0.05) is 26.9 Å². The SMILES string of the molecule is CN=C(NCC(C)(C)CCS(C)(=O)=O)N(C)CCOc1cc(C)cc(C)c1.I. The summed E-state index contributed by atoms with van der Waals surface area (Å²) in [6.45, 7) is 10.1. The smallest absolute Gasteiger partial charge is 0.193 e. The van der Waals surface area contributed by atoms with Crippen molar-refractivity contribution < 1.29 is 13.2 Å². The summed E-state index contributed by atoms with van der Waals surface area (Å²) in [5, 5.41) is 3.34. The predicted octanol–water partition coefficient (Wildman–Crippen LogP) is 3.27. The molecule has 6 nitrogen and oxygen atoms in total. The van der Waals surface area contributed by atoms with Crippen LogP contribution in [0.1, 0.15) is 31.4 Å². The van der Waals surface area contributed by atoms with Gasteiger partial charge in [-0.2, -0.15) is 0 Å². The van der Waals surface area contributed by atoms with Gasteiger partial charge >= 0.3 is 0 Å². The lowest BCUT2D eigenvalue weighted by Crippen LogP contribution is -2.44. The van der Waals surface area contributed by atoms with Crippen molar-refractivity contribution in [2.75, 3.05) is 45.8 Å². The number of aryl methyl sites for hydroxylation is 2. The lowest BCUT2D eigenvalue weighted by molar-refractivity contribution is 0.278. The summed E-state index contributed by atoms with van der Waals surface area (Å²) in [6.07, 6.45) is 1.88. The molecule has 1 aromatic rings. The number of hydrogen-bond donors (Lipinski definition) is 1. The fourth-order valence-electron chi connectivity index (χ4n) is 2.68. The molecule has 0 aliphatic rings. The molecule has 162 valence electrons. The fraction of sp³-hybridized carbons (Fsp3) is 0.650. The Labute approximate surface area is 188 Å². The quantitative estimate of drug-likeness (QED) is 0.305. The molecule has 0 amide bonds. The zero-order valence-corrected chi connectivity index (χ0v) is 21.4. The average molecular weight is 525 g/mol. The number of ether oxygens (including phenoxy) is 1. The molecule has 0 aliphatic heterocycles. The van der Waals surface area contributed by atoms with E-state index in [1.807, 2.05) is 24.1 Å². The van der Waals surface area contributed by atoms with Crippen molar-refractivity contribution in [2.45, 2.75) is 34.1 Å². The summed E-state index contributed by atoms with van der Waals surface area (Å²) in [6, 6.07) is 6.19. The summed E-state index contributed by atoms with van der Waals surface area (Å²) >= 11 is 0. The number of aliphatic imine (C=N–C) groups is 1. The van der Waals surface area contributed by atoms with Crippen molar-refractivity contribution >= 4 is 39.8 Å². The van der Waals surface area contributed by atoms with E-state index in [0.29, 0.717) is 26.1 Å². The van der Waals surface area contributed by atoms with Gasteiger partial charge in [-0.05, 0) is 48.9 Å². The van der Waals surface area contributed by atoms with Crippen molar-refractivity contribution in [3.8, 4) is 5.75 Å². The third-order valence-corrected chi connectivity index (χ3v) is 5.28. The van der Waals surface area contributed by atoms with E-state index < -0.39 is 9.84 Å². The number of sulfone groups is 1. The number of benzene rings is 1. The molecule has 0 heterocycles. The molecule has 1 rings (SSSR count). The van der Waals surface area contributed by atoms with Crippen LogP contribution < -0.4 is 10.1 Å². The van der Waals surface area contributed by atoms with E-state index in [0.717, 1.165) is 11.7 Å². The van der Waals surface area contributed by atoms with Crippen LogP contribution in [0.5, 0.6) is 5.75 Å². The van der Waals surface area contributed by atoms with Gasteiger partial charge in [-0.15, -0.1) is 24.0 Å². The molecular formula is C20H36IN3O3S. The number of guanidine groups is 1. The lowest BCUT2D eigenvalue weighted by atomic mass is 9.90. The molecule has 0 saturated heterocycles. The number of likely N-dealkylation sites (N-methyl/N-ethyl adjacent to an activating group) is 1. The first-order valence-corrected chi connectivity index (χ1v) is 11.3. The highest BCUT2D eigenvalue weighted by atomic mass is 127. The lowest BCUT2D eigenvalue weighted by Gasteiger charge is -2.28. The summed E-state index contributed by atoms with van der Waals surface area (Å²) in [5.41, 5.74) is 2.23. The van der Waals surface area contributed by atoms with Gasteiger partial charge in [0.05, 0.1) is 12.3 Å². The second-order valence-electron chi connectivity index (χ2n) is 8.04. The number of nitrogens with one attached hydrogen (secondary N) is 1. The highest BCUT2D eigenvalue weighted by Gasteiger charge is 2.21. The fourth-order valence-corrected chi connectivity index (χ4v) is 3.60. The van der Waals surface area contributed by atoms with Crippen LogP contribution in [0.4, 0.5) is 0 Å². The molecule has 0 unspecified atom stereocenters. The second-order valence-corrected chi connectivity index (χ2v) is 10.3. The van der Waals surface area contributed by atoms with E-state index in [9.17, 15) is 8.42 Å². The minimum Gasteiger partial charge on any atom is -0.492 e. The van der Waals surface area contributed by atoms with E-state index in [1.54, 1.807) is 7.05 Å². The Morgan fingerprint density at radius 3 is 2.29 bits per heavy atom. The van der Waals surface area contributed by atoms with Crippen molar-refractivity contribution in [3.63, 3.8) is 0 Å². The standard InChI is InChI=1S/C20H35N3O3S.HI/c1-16-12-17(2)14-18(13-16)26-10-9-23(6)19(21-5)22-15-20(3,4)8-11-27(7,24)25;/h12-14H,8-11,15H2,1-7H3,(H,21,22);1H. The van der Waals surface area contributed by atoms with Gasteiger partial charge in [-0.25, -0.2) is 8.42 Å². The minimum absolute atomic E-state index is 0. The minimum atomic E-state index is -2.95. The van der Waals surface area contributed by atoms with Crippen LogP contribution in [0.3, 0.4) is 0 Å². The number of hydrogen-bond acceptors (Lipinski definition) is 4. The third kappa shape index (κ3) is 11.1. The molecule has 0 fully saturated rings. The summed E-state index contributed by atoms with van der Waals surface area (Å²) in [5.74, 6) is 1.84. The molecule has 28 heavy (non-hydrogen) atoms. The molecule has 8 heteroatoms. The Morgan fingerprint density at radius 2 is 1.79 bits per heavy atom. The molecule has 0 spiro atoms. The van der Waals surface area contributed by atoms with Crippen LogP contribution in [-0.2, 0) is 9.84 Å². The summed E-state index contributed by atoms with van der Waals surface area (Å²) < 4.78 is 28.6. The summed E-state index contributed by atoms with van der Waals surface area (Å²) in [7, 11) is 0.758. The van der Waals surface area contributed by atoms with Crippen molar-refractivity contribution in [1.82, 2.24) is 10.2 Å². The summed E-state index contributed by atoms with van der Waals surface area (Å²) in [4.78, 5) is 6.32. The maximum absolute atomic E-state index is 11.4.